The van der Waals surface area contributed by atoms with Gasteiger partial charge < -0.3 is 14.3 Å². The molecule has 20 heavy (non-hydrogen) atoms. The molecule has 0 spiro atoms. The molecule has 1 N–H and O–H groups in total. The van der Waals surface area contributed by atoms with Crippen LogP contribution in [0.1, 0.15) is 42.5 Å². The highest BCUT2D eigenvalue weighted by Crippen LogP contribution is 2.43. The van der Waals surface area contributed by atoms with Gasteiger partial charge in [-0.25, -0.2) is 4.98 Å². The van der Waals surface area contributed by atoms with Crippen molar-refractivity contribution in [3.05, 3.63) is 17.3 Å². The lowest BCUT2D eigenvalue weighted by Crippen LogP contribution is -2.30. The standard InChI is InChI=1S/C14H17NO5/c1-19-14(18)9-4-8(5-9)12-15-10-3-2-7(13(16)17)6-11(10)20-12/h7-9H,2-6H2,1H3,(H,16,17)/t7?,8-,9-. The molecule has 0 bridgehead atoms. The fourth-order valence-corrected chi connectivity index (χ4v) is 2.96. The van der Waals surface area contributed by atoms with E-state index in [9.17, 15) is 9.59 Å². The topological polar surface area (TPSA) is 89.6 Å². The number of methoxy groups -OCH3 is 1. The number of hydrogen-bond acceptors (Lipinski definition) is 5. The minimum atomic E-state index is -0.775. The summed E-state index contributed by atoms with van der Waals surface area (Å²) < 4.78 is 10.4. The van der Waals surface area contributed by atoms with Crippen molar-refractivity contribution in [3.63, 3.8) is 0 Å². The van der Waals surface area contributed by atoms with Crippen molar-refractivity contribution in [1.82, 2.24) is 4.98 Å². The molecule has 0 amide bonds. The minimum absolute atomic E-state index is 0.0549. The number of aliphatic carboxylic acids is 1. The number of ether oxygens (including phenoxy) is 1. The van der Waals surface area contributed by atoms with E-state index in [2.05, 4.69) is 4.98 Å². The van der Waals surface area contributed by atoms with Crippen LogP contribution in [-0.2, 0) is 27.2 Å². The lowest BCUT2D eigenvalue weighted by Gasteiger charge is -2.30. The van der Waals surface area contributed by atoms with Crippen LogP contribution < -0.4 is 0 Å². The first kappa shape index (κ1) is 13.1. The molecule has 1 saturated carbocycles. The number of esters is 1. The summed E-state index contributed by atoms with van der Waals surface area (Å²) in [5.74, 6) is 0.147. The van der Waals surface area contributed by atoms with Gasteiger partial charge in [-0.05, 0) is 25.7 Å². The van der Waals surface area contributed by atoms with Crippen LogP contribution >= 0.6 is 0 Å². The first-order chi connectivity index (χ1) is 9.58. The van der Waals surface area contributed by atoms with Crippen molar-refractivity contribution in [2.75, 3.05) is 7.11 Å². The van der Waals surface area contributed by atoms with Crippen LogP contribution in [0.3, 0.4) is 0 Å². The maximum atomic E-state index is 11.3. The third-order valence-electron chi connectivity index (χ3n) is 4.33. The summed E-state index contributed by atoms with van der Waals surface area (Å²) in [5, 5.41) is 9.05. The second kappa shape index (κ2) is 4.92. The molecule has 1 atom stereocenters. The molecule has 0 radical (unpaired) electrons. The molecular formula is C14H17NO5. The first-order valence-corrected chi connectivity index (χ1v) is 6.87. The van der Waals surface area contributed by atoms with Gasteiger partial charge in [0.2, 0.25) is 0 Å². The number of carboxylic acids is 1. The Labute approximate surface area is 116 Å². The van der Waals surface area contributed by atoms with Gasteiger partial charge in [-0.1, -0.05) is 0 Å². The van der Waals surface area contributed by atoms with Crippen LogP contribution in [0.25, 0.3) is 0 Å². The third kappa shape index (κ3) is 2.19. The molecule has 0 aliphatic heterocycles. The average Bonchev–Trinajstić information content (AvgIpc) is 2.78. The second-order valence-electron chi connectivity index (χ2n) is 5.59. The van der Waals surface area contributed by atoms with Gasteiger partial charge in [0.05, 0.1) is 24.6 Å². The number of oxazole rings is 1. The van der Waals surface area contributed by atoms with Crippen LogP contribution in [0.15, 0.2) is 4.42 Å². The summed E-state index contributed by atoms with van der Waals surface area (Å²) >= 11 is 0. The van der Waals surface area contributed by atoms with E-state index in [4.69, 9.17) is 14.3 Å². The number of rotatable bonds is 3. The van der Waals surface area contributed by atoms with Crippen LogP contribution in [0.5, 0.6) is 0 Å². The lowest BCUT2D eigenvalue weighted by molar-refractivity contribution is -0.149. The quantitative estimate of drug-likeness (QED) is 0.844. The van der Waals surface area contributed by atoms with E-state index in [-0.39, 0.29) is 23.7 Å². The van der Waals surface area contributed by atoms with E-state index in [1.807, 2.05) is 0 Å². The zero-order valence-electron chi connectivity index (χ0n) is 11.3. The third-order valence-corrected chi connectivity index (χ3v) is 4.33. The minimum Gasteiger partial charge on any atom is -0.481 e. The SMILES string of the molecule is COC(=O)[C@H]1C[C@H](c2nc3c(o2)CC(C(=O)O)CC3)C1. The summed E-state index contributed by atoms with van der Waals surface area (Å²) in [6.45, 7) is 0. The number of hydrogen-bond donors (Lipinski definition) is 1. The maximum absolute atomic E-state index is 11.3. The predicted molar refractivity (Wildman–Crippen MR) is 67.1 cm³/mol. The number of aromatic nitrogens is 1. The molecule has 1 fully saturated rings. The lowest BCUT2D eigenvalue weighted by atomic mass is 9.75. The average molecular weight is 279 g/mol. The Morgan fingerprint density at radius 2 is 2.10 bits per heavy atom. The van der Waals surface area contributed by atoms with Gasteiger partial charge in [-0.15, -0.1) is 0 Å². The molecule has 6 heteroatoms. The fraction of sp³-hybridized carbons (Fsp3) is 0.643. The van der Waals surface area contributed by atoms with Gasteiger partial charge in [0.25, 0.3) is 0 Å². The Balaban J connectivity index is 1.67. The van der Waals surface area contributed by atoms with Crippen LogP contribution in [0.4, 0.5) is 0 Å². The van der Waals surface area contributed by atoms with Crippen molar-refractivity contribution in [1.29, 1.82) is 0 Å². The Bertz CT molecular complexity index is 544. The number of carbonyl (C=O) groups is 2. The zero-order valence-corrected chi connectivity index (χ0v) is 11.3. The van der Waals surface area contributed by atoms with E-state index in [1.165, 1.54) is 7.11 Å². The normalized spacial score (nSPS) is 28.4. The molecular weight excluding hydrogens is 262 g/mol. The number of nitrogens with zero attached hydrogens (tertiary/aromatic N) is 1. The summed E-state index contributed by atoms with van der Waals surface area (Å²) in [6.07, 6.45) is 3.10. The van der Waals surface area contributed by atoms with Gasteiger partial charge in [-0.2, -0.15) is 0 Å². The number of carbonyl (C=O) groups excluding carboxylic acids is 1. The predicted octanol–water partition coefficient (Wildman–Crippen LogP) is 1.53. The highest BCUT2D eigenvalue weighted by atomic mass is 16.5. The van der Waals surface area contributed by atoms with Crippen LogP contribution in [0, 0.1) is 11.8 Å². The Hall–Kier alpha value is -1.85. The molecule has 1 unspecified atom stereocenters. The highest BCUT2D eigenvalue weighted by molar-refractivity contribution is 5.73. The fourth-order valence-electron chi connectivity index (χ4n) is 2.96. The number of carboxylic acid groups (broad SMARTS) is 1. The Kier molecular flexibility index (Phi) is 3.23. The highest BCUT2D eigenvalue weighted by Gasteiger charge is 2.40. The van der Waals surface area contributed by atoms with Crippen molar-refractivity contribution in [3.8, 4) is 0 Å². The van der Waals surface area contributed by atoms with Gasteiger partial charge in [-0.3, -0.25) is 9.59 Å². The molecule has 108 valence electrons. The summed E-state index contributed by atoms with van der Waals surface area (Å²) in [4.78, 5) is 26.8. The monoisotopic (exact) mass is 279 g/mol. The molecule has 3 rings (SSSR count). The molecule has 2 aliphatic carbocycles. The van der Waals surface area contributed by atoms with Crippen molar-refractivity contribution in [2.24, 2.45) is 11.8 Å². The molecule has 6 nitrogen and oxygen atoms in total. The van der Waals surface area contributed by atoms with E-state index in [0.29, 0.717) is 43.8 Å². The summed E-state index contributed by atoms with van der Waals surface area (Å²) in [6, 6.07) is 0. The van der Waals surface area contributed by atoms with Gasteiger partial charge in [0.1, 0.15) is 5.76 Å². The van der Waals surface area contributed by atoms with Crippen molar-refractivity contribution >= 4 is 11.9 Å². The molecule has 1 heterocycles. The van der Waals surface area contributed by atoms with E-state index < -0.39 is 5.97 Å². The zero-order chi connectivity index (χ0) is 14.3. The van der Waals surface area contributed by atoms with E-state index in [0.717, 1.165) is 5.69 Å². The van der Waals surface area contributed by atoms with Crippen LogP contribution in [0.2, 0.25) is 0 Å². The summed E-state index contributed by atoms with van der Waals surface area (Å²) in [5.41, 5.74) is 0.888. The van der Waals surface area contributed by atoms with E-state index in [1.54, 1.807) is 0 Å². The van der Waals surface area contributed by atoms with Gasteiger partial charge in [0.15, 0.2) is 5.89 Å². The van der Waals surface area contributed by atoms with Gasteiger partial charge >= 0.3 is 11.9 Å². The number of fused-ring (bicyclic) bond motifs is 1. The van der Waals surface area contributed by atoms with Crippen molar-refractivity contribution < 1.29 is 23.8 Å². The Morgan fingerprint density at radius 3 is 2.75 bits per heavy atom. The molecule has 1 aromatic rings. The molecule has 2 aliphatic rings. The maximum Gasteiger partial charge on any atom is 0.308 e. The first-order valence-electron chi connectivity index (χ1n) is 6.87. The summed E-state index contributed by atoms with van der Waals surface area (Å²) in [7, 11) is 1.39. The molecule has 1 aromatic heterocycles. The van der Waals surface area contributed by atoms with Gasteiger partial charge in [0, 0.05) is 12.3 Å². The second-order valence-corrected chi connectivity index (χ2v) is 5.59. The largest absolute Gasteiger partial charge is 0.481 e. The van der Waals surface area contributed by atoms with Crippen LogP contribution in [-0.4, -0.2) is 29.1 Å². The Morgan fingerprint density at radius 1 is 1.35 bits per heavy atom. The molecule has 0 aromatic carbocycles. The van der Waals surface area contributed by atoms with E-state index >= 15 is 0 Å². The smallest absolute Gasteiger partial charge is 0.308 e. The molecule has 0 saturated heterocycles. The van der Waals surface area contributed by atoms with Crippen molar-refractivity contribution in [2.45, 2.75) is 38.0 Å². The number of aryl methyl sites for hydroxylation is 1.